The van der Waals surface area contributed by atoms with Crippen LogP contribution in [-0.2, 0) is 0 Å². The predicted molar refractivity (Wildman–Crippen MR) is 102 cm³/mol. The molecule has 1 saturated carbocycles. The number of aromatic carboxylic acids is 1. The number of ether oxygens (including phenoxy) is 1. The van der Waals surface area contributed by atoms with E-state index in [4.69, 9.17) is 10.5 Å². The highest BCUT2D eigenvalue weighted by molar-refractivity contribution is 5.97. The second-order valence-electron chi connectivity index (χ2n) is 8.30. The maximum atomic E-state index is 15.2. The van der Waals surface area contributed by atoms with Crippen LogP contribution < -0.4 is 20.9 Å². The molecule has 2 aromatic rings. The first-order valence-corrected chi connectivity index (χ1v) is 9.71. The minimum Gasteiger partial charge on any atom is -0.487 e. The lowest BCUT2D eigenvalue weighted by Crippen LogP contribution is -2.37. The number of carboxylic acids is 1. The van der Waals surface area contributed by atoms with Gasteiger partial charge >= 0.3 is 5.97 Å². The van der Waals surface area contributed by atoms with Crippen LogP contribution >= 0.6 is 0 Å². The number of halogens is 2. The molecule has 154 valence electrons. The lowest BCUT2D eigenvalue weighted by Gasteiger charge is -2.31. The molecule has 1 saturated heterocycles. The number of nitrogens with zero attached hydrogens (tertiary/aromatic N) is 2. The van der Waals surface area contributed by atoms with Gasteiger partial charge in [-0.2, -0.15) is 0 Å². The van der Waals surface area contributed by atoms with E-state index in [9.17, 15) is 19.1 Å². The topological polar surface area (TPSA) is 97.8 Å². The fourth-order valence-corrected chi connectivity index (χ4v) is 4.72. The fraction of sp³-hybridized carbons (Fsp3) is 0.500. The van der Waals surface area contributed by atoms with Gasteiger partial charge in [-0.1, -0.05) is 0 Å². The molecule has 0 bridgehead atoms. The summed E-state index contributed by atoms with van der Waals surface area (Å²) in [4.78, 5) is 26.1. The molecular formula is C20H21F2N3O4. The van der Waals surface area contributed by atoms with Gasteiger partial charge in [0.1, 0.15) is 24.5 Å². The van der Waals surface area contributed by atoms with Gasteiger partial charge in [0, 0.05) is 24.0 Å². The van der Waals surface area contributed by atoms with E-state index in [-0.39, 0.29) is 40.4 Å². The summed E-state index contributed by atoms with van der Waals surface area (Å²) in [6.07, 6.45) is 2.76. The predicted octanol–water partition coefficient (Wildman–Crippen LogP) is 2.06. The number of pyridine rings is 1. The van der Waals surface area contributed by atoms with E-state index in [0.717, 1.165) is 29.9 Å². The molecular weight excluding hydrogens is 384 g/mol. The highest BCUT2D eigenvalue weighted by atomic mass is 19.1. The molecule has 0 amide bonds. The van der Waals surface area contributed by atoms with E-state index in [0.29, 0.717) is 13.1 Å². The van der Waals surface area contributed by atoms with Crippen molar-refractivity contribution in [1.82, 2.24) is 4.57 Å². The number of benzene rings is 1. The van der Waals surface area contributed by atoms with Crippen LogP contribution in [-0.4, -0.2) is 47.6 Å². The first kappa shape index (κ1) is 18.4. The Labute approximate surface area is 164 Å². The zero-order valence-corrected chi connectivity index (χ0v) is 15.7. The van der Waals surface area contributed by atoms with Crippen molar-refractivity contribution in [2.24, 2.45) is 11.7 Å². The third-order valence-electron chi connectivity index (χ3n) is 6.54. The van der Waals surface area contributed by atoms with Gasteiger partial charge in [0.05, 0.1) is 11.6 Å². The van der Waals surface area contributed by atoms with E-state index in [1.807, 2.05) is 4.90 Å². The van der Waals surface area contributed by atoms with E-state index >= 15 is 4.39 Å². The zero-order chi connectivity index (χ0) is 20.5. The average molecular weight is 405 g/mol. The maximum absolute atomic E-state index is 15.2. The van der Waals surface area contributed by atoms with Gasteiger partial charge in [-0.25, -0.2) is 13.6 Å². The summed E-state index contributed by atoms with van der Waals surface area (Å²) in [7, 11) is 0. The summed E-state index contributed by atoms with van der Waals surface area (Å²) in [6, 6.07) is 1.37. The minimum absolute atomic E-state index is 0.168. The third-order valence-corrected chi connectivity index (χ3v) is 6.54. The number of rotatable bonds is 4. The Balaban J connectivity index is 1.71. The summed E-state index contributed by atoms with van der Waals surface area (Å²) in [5, 5.41) is 9.55. The summed E-state index contributed by atoms with van der Waals surface area (Å²) < 4.78 is 35.6. The quantitative estimate of drug-likeness (QED) is 0.808. The average Bonchev–Trinajstić information content (AvgIpc) is 3.24. The van der Waals surface area contributed by atoms with Crippen LogP contribution in [0.1, 0.15) is 35.7 Å². The number of hydrogen-bond acceptors (Lipinski definition) is 5. The van der Waals surface area contributed by atoms with Crippen LogP contribution in [0, 0.1) is 11.7 Å². The minimum atomic E-state index is -1.43. The molecule has 2 atom stereocenters. The molecule has 1 aromatic carbocycles. The van der Waals surface area contributed by atoms with Crippen molar-refractivity contribution in [2.75, 3.05) is 31.3 Å². The van der Waals surface area contributed by atoms with Gasteiger partial charge in [0.2, 0.25) is 0 Å². The van der Waals surface area contributed by atoms with E-state index in [2.05, 4.69) is 0 Å². The number of anilines is 1. The van der Waals surface area contributed by atoms with Gasteiger partial charge in [-0.05, 0) is 37.3 Å². The molecule has 2 aliphatic heterocycles. The number of carbonyl (C=O) groups is 1. The van der Waals surface area contributed by atoms with Gasteiger partial charge in [-0.15, -0.1) is 0 Å². The number of aromatic nitrogens is 1. The van der Waals surface area contributed by atoms with Crippen LogP contribution in [0.5, 0.6) is 5.75 Å². The van der Waals surface area contributed by atoms with Crippen molar-refractivity contribution in [3.8, 4) is 5.75 Å². The van der Waals surface area contributed by atoms with Crippen LogP contribution in [0.4, 0.5) is 14.5 Å². The van der Waals surface area contributed by atoms with Crippen molar-refractivity contribution >= 4 is 22.6 Å². The van der Waals surface area contributed by atoms with Gasteiger partial charge in [0.15, 0.2) is 11.6 Å². The smallest absolute Gasteiger partial charge is 0.341 e. The Morgan fingerprint density at radius 2 is 2.14 bits per heavy atom. The van der Waals surface area contributed by atoms with Crippen molar-refractivity contribution in [2.45, 2.75) is 30.8 Å². The molecule has 7 nitrogen and oxygen atoms in total. The second kappa shape index (κ2) is 6.16. The zero-order valence-electron chi connectivity index (χ0n) is 15.7. The molecule has 5 rings (SSSR count). The van der Waals surface area contributed by atoms with Crippen LogP contribution in [0.3, 0.4) is 0 Å². The molecule has 3 heterocycles. The molecule has 29 heavy (non-hydrogen) atoms. The van der Waals surface area contributed by atoms with Gasteiger partial charge in [-0.3, -0.25) is 9.36 Å². The van der Waals surface area contributed by atoms with E-state index < -0.39 is 35.6 Å². The molecule has 0 spiro atoms. The number of alkyl halides is 1. The molecule has 1 aromatic heterocycles. The number of nitrogens with two attached hydrogens (primary N) is 1. The Kier molecular flexibility index (Phi) is 3.90. The van der Waals surface area contributed by atoms with Crippen LogP contribution in [0.25, 0.3) is 10.9 Å². The standard InChI is InChI=1S/C20H21F2N3O4/c21-7-12-9-29-17-15-10(5-13(19(27)28)18(26)25(12)15)6-14(22)16(17)24-4-1-11(8-24)20(23)2-3-20/h5-6,11-12H,1-4,7-9,23H2,(H,27,28)/t11-,12+/m1/s1. The summed E-state index contributed by atoms with van der Waals surface area (Å²) in [5.74, 6) is -1.57. The Morgan fingerprint density at radius 3 is 2.79 bits per heavy atom. The number of carboxylic acid groups (broad SMARTS) is 1. The molecule has 1 aliphatic carbocycles. The number of hydrogen-bond donors (Lipinski definition) is 2. The Hall–Kier alpha value is -2.68. The highest BCUT2D eigenvalue weighted by Crippen LogP contribution is 2.48. The van der Waals surface area contributed by atoms with Gasteiger partial charge < -0.3 is 20.5 Å². The molecule has 3 aliphatic rings. The second-order valence-corrected chi connectivity index (χ2v) is 8.30. The molecule has 9 heteroatoms. The lowest BCUT2D eigenvalue weighted by atomic mass is 9.97. The van der Waals surface area contributed by atoms with Gasteiger partial charge in [0.25, 0.3) is 5.56 Å². The molecule has 0 radical (unpaired) electrons. The Bertz CT molecular complexity index is 1100. The first-order valence-electron chi connectivity index (χ1n) is 9.71. The van der Waals surface area contributed by atoms with Crippen molar-refractivity contribution in [3.63, 3.8) is 0 Å². The largest absolute Gasteiger partial charge is 0.487 e. The van der Waals surface area contributed by atoms with Crippen molar-refractivity contribution in [1.29, 1.82) is 0 Å². The van der Waals surface area contributed by atoms with E-state index in [1.165, 1.54) is 6.07 Å². The van der Waals surface area contributed by atoms with E-state index in [1.54, 1.807) is 0 Å². The van der Waals surface area contributed by atoms with Crippen molar-refractivity contribution in [3.05, 3.63) is 33.9 Å². The molecule has 3 N–H and O–H groups in total. The third kappa shape index (κ3) is 2.63. The first-order chi connectivity index (χ1) is 13.8. The highest BCUT2D eigenvalue weighted by Gasteiger charge is 2.48. The Morgan fingerprint density at radius 1 is 1.38 bits per heavy atom. The molecule has 0 unspecified atom stereocenters. The van der Waals surface area contributed by atoms with Crippen LogP contribution in [0.2, 0.25) is 0 Å². The molecule has 2 fully saturated rings. The van der Waals surface area contributed by atoms with Crippen molar-refractivity contribution < 1.29 is 23.4 Å². The monoisotopic (exact) mass is 405 g/mol. The summed E-state index contributed by atoms with van der Waals surface area (Å²) >= 11 is 0. The normalized spacial score (nSPS) is 24.6. The fourth-order valence-electron chi connectivity index (χ4n) is 4.72. The maximum Gasteiger partial charge on any atom is 0.341 e. The summed E-state index contributed by atoms with van der Waals surface area (Å²) in [6.45, 7) is 0.119. The lowest BCUT2D eigenvalue weighted by molar-refractivity contribution is 0.0693. The van der Waals surface area contributed by atoms with Crippen LogP contribution in [0.15, 0.2) is 16.9 Å². The summed E-state index contributed by atoms with van der Waals surface area (Å²) in [5.41, 5.74) is 5.29. The SMILES string of the molecule is NC1([C@@H]2CCN(c3c(F)cc4cc(C(=O)O)c(=O)n5c4c3OC[C@@H]5CF)C2)CC1.